The average molecular weight is 249 g/mol. The van der Waals surface area contributed by atoms with Crippen molar-refractivity contribution in [2.75, 3.05) is 5.32 Å². The van der Waals surface area contributed by atoms with Crippen LogP contribution in [0.3, 0.4) is 0 Å². The third kappa shape index (κ3) is 2.78. The minimum atomic E-state index is -0.394. The lowest BCUT2D eigenvalue weighted by Gasteiger charge is -2.29. The highest BCUT2D eigenvalue weighted by atomic mass is 16.6. The summed E-state index contributed by atoms with van der Waals surface area (Å²) in [5, 5.41) is 14.1. The first kappa shape index (κ1) is 12.8. The summed E-state index contributed by atoms with van der Waals surface area (Å²) in [4.78, 5) is 14.6. The summed E-state index contributed by atoms with van der Waals surface area (Å²) in [5.74, 6) is 1.38. The summed E-state index contributed by atoms with van der Waals surface area (Å²) >= 11 is 0. The maximum atomic E-state index is 10.7. The molecule has 0 radical (unpaired) electrons. The summed E-state index contributed by atoms with van der Waals surface area (Å²) in [6.45, 7) is 3.92. The minimum Gasteiger partial charge on any atom is -0.367 e. The van der Waals surface area contributed by atoms with Gasteiger partial charge in [-0.15, -0.1) is 0 Å². The lowest BCUT2D eigenvalue weighted by molar-refractivity contribution is -0.385. The Morgan fingerprint density at radius 1 is 1.39 bits per heavy atom. The summed E-state index contributed by atoms with van der Waals surface area (Å²) in [6.07, 6.45) is 4.93. The van der Waals surface area contributed by atoms with E-state index in [0.717, 1.165) is 12.2 Å². The molecule has 1 aromatic rings. The van der Waals surface area contributed by atoms with Crippen molar-refractivity contribution in [1.82, 2.24) is 4.98 Å². The maximum Gasteiger partial charge on any atom is 0.290 e. The van der Waals surface area contributed by atoms with Crippen LogP contribution in [0, 0.1) is 23.0 Å². The Kier molecular flexibility index (Phi) is 3.79. The van der Waals surface area contributed by atoms with Crippen LogP contribution >= 0.6 is 0 Å². The zero-order valence-electron chi connectivity index (χ0n) is 10.8. The van der Waals surface area contributed by atoms with Crippen molar-refractivity contribution in [3.63, 3.8) is 0 Å². The predicted octanol–water partition coefficient (Wildman–Crippen LogP) is 3.29. The molecule has 1 fully saturated rings. The van der Waals surface area contributed by atoms with Gasteiger partial charge in [-0.3, -0.25) is 10.1 Å². The van der Waals surface area contributed by atoms with Gasteiger partial charge in [-0.25, -0.2) is 4.98 Å². The van der Waals surface area contributed by atoms with Crippen LogP contribution in [0.1, 0.15) is 38.3 Å². The second kappa shape index (κ2) is 5.33. The number of nitrogens with one attached hydrogen (secondary N) is 1. The van der Waals surface area contributed by atoms with Crippen molar-refractivity contribution in [3.05, 3.63) is 27.9 Å². The van der Waals surface area contributed by atoms with Crippen molar-refractivity contribution >= 4 is 11.5 Å². The highest BCUT2D eigenvalue weighted by Crippen LogP contribution is 2.27. The molecule has 2 rings (SSSR count). The summed E-state index contributed by atoms with van der Waals surface area (Å²) in [5.41, 5.74) is 0.547. The summed E-state index contributed by atoms with van der Waals surface area (Å²) < 4.78 is 0. The van der Waals surface area contributed by atoms with Gasteiger partial charge >= 0.3 is 0 Å². The highest BCUT2D eigenvalue weighted by Gasteiger charge is 2.22. The number of nitro groups is 1. The molecule has 5 heteroatoms. The van der Waals surface area contributed by atoms with Crippen molar-refractivity contribution < 1.29 is 4.92 Å². The molecule has 0 saturated heterocycles. The van der Waals surface area contributed by atoms with Crippen LogP contribution < -0.4 is 5.32 Å². The van der Waals surface area contributed by atoms with Gasteiger partial charge in [-0.05, 0) is 31.7 Å². The fraction of sp³-hybridized carbons (Fsp3) is 0.615. The standard InChI is InChI=1S/C13H19N3O2/c1-9-5-3-4-6-11(9)15-13-8-7-12(16(17)18)10(2)14-13/h7-9,11H,3-6H2,1-2H3,(H,14,15). The molecule has 5 nitrogen and oxygen atoms in total. The van der Waals surface area contributed by atoms with Gasteiger partial charge in [0.15, 0.2) is 0 Å². The van der Waals surface area contributed by atoms with E-state index in [1.54, 1.807) is 13.0 Å². The van der Waals surface area contributed by atoms with E-state index in [2.05, 4.69) is 17.2 Å². The first-order valence-electron chi connectivity index (χ1n) is 6.46. The number of rotatable bonds is 3. The Bertz CT molecular complexity index is 448. The first-order valence-corrected chi connectivity index (χ1v) is 6.46. The molecular weight excluding hydrogens is 230 g/mol. The normalized spacial score (nSPS) is 23.7. The lowest BCUT2D eigenvalue weighted by Crippen LogP contribution is -2.30. The summed E-state index contributed by atoms with van der Waals surface area (Å²) in [6, 6.07) is 3.66. The molecule has 1 saturated carbocycles. The van der Waals surface area contributed by atoms with Crippen LogP contribution in [0.15, 0.2) is 12.1 Å². The molecule has 0 amide bonds. The van der Waals surface area contributed by atoms with Crippen molar-refractivity contribution in [2.45, 2.75) is 45.6 Å². The fourth-order valence-electron chi connectivity index (χ4n) is 2.55. The maximum absolute atomic E-state index is 10.7. The van der Waals surface area contributed by atoms with Crippen LogP contribution in [0.5, 0.6) is 0 Å². The smallest absolute Gasteiger partial charge is 0.290 e. The Hall–Kier alpha value is -1.65. The van der Waals surface area contributed by atoms with E-state index in [9.17, 15) is 10.1 Å². The van der Waals surface area contributed by atoms with Crippen molar-refractivity contribution in [3.8, 4) is 0 Å². The molecular formula is C13H19N3O2. The lowest BCUT2D eigenvalue weighted by atomic mass is 9.86. The molecule has 1 N–H and O–H groups in total. The van der Waals surface area contributed by atoms with Gasteiger partial charge in [-0.1, -0.05) is 19.8 Å². The number of nitrogens with zero attached hydrogens (tertiary/aromatic N) is 2. The zero-order valence-corrected chi connectivity index (χ0v) is 10.8. The molecule has 18 heavy (non-hydrogen) atoms. The quantitative estimate of drug-likeness (QED) is 0.659. The first-order chi connectivity index (χ1) is 8.58. The molecule has 2 atom stereocenters. The van der Waals surface area contributed by atoms with Gasteiger partial charge in [0.05, 0.1) is 4.92 Å². The third-order valence-corrected chi connectivity index (χ3v) is 3.70. The van der Waals surface area contributed by atoms with Gasteiger partial charge in [0.25, 0.3) is 5.69 Å². The topological polar surface area (TPSA) is 68.1 Å². The molecule has 2 unspecified atom stereocenters. The number of hydrogen-bond acceptors (Lipinski definition) is 4. The molecule has 0 bridgehead atoms. The SMILES string of the molecule is Cc1nc(NC2CCCCC2C)ccc1[N+](=O)[O-]. The number of aromatic nitrogens is 1. The van der Waals surface area contributed by atoms with E-state index >= 15 is 0 Å². The Morgan fingerprint density at radius 3 is 2.72 bits per heavy atom. The molecule has 0 aliphatic heterocycles. The number of anilines is 1. The van der Waals surface area contributed by atoms with Gasteiger partial charge in [0.1, 0.15) is 11.5 Å². The van der Waals surface area contributed by atoms with Gasteiger partial charge in [0.2, 0.25) is 0 Å². The summed E-state index contributed by atoms with van der Waals surface area (Å²) in [7, 11) is 0. The number of aryl methyl sites for hydroxylation is 1. The minimum absolute atomic E-state index is 0.0808. The average Bonchev–Trinajstić information content (AvgIpc) is 2.32. The Balaban J connectivity index is 2.10. The third-order valence-electron chi connectivity index (χ3n) is 3.70. The van der Waals surface area contributed by atoms with E-state index in [0.29, 0.717) is 17.7 Å². The second-order valence-corrected chi connectivity index (χ2v) is 5.07. The molecule has 1 aromatic heterocycles. The van der Waals surface area contributed by atoms with Crippen LogP contribution in [0.25, 0.3) is 0 Å². The predicted molar refractivity (Wildman–Crippen MR) is 70.7 cm³/mol. The molecule has 1 aliphatic rings. The number of hydrogen-bond donors (Lipinski definition) is 1. The van der Waals surface area contributed by atoms with E-state index in [1.807, 2.05) is 0 Å². The largest absolute Gasteiger partial charge is 0.367 e. The molecule has 1 aliphatic carbocycles. The second-order valence-electron chi connectivity index (χ2n) is 5.07. The molecule has 1 heterocycles. The van der Waals surface area contributed by atoms with E-state index < -0.39 is 4.92 Å². The Labute approximate surface area is 107 Å². The van der Waals surface area contributed by atoms with E-state index in [1.165, 1.54) is 25.3 Å². The number of pyridine rings is 1. The van der Waals surface area contributed by atoms with Crippen molar-refractivity contribution in [2.24, 2.45) is 5.92 Å². The monoisotopic (exact) mass is 249 g/mol. The van der Waals surface area contributed by atoms with Gasteiger partial charge in [-0.2, -0.15) is 0 Å². The molecule has 0 spiro atoms. The highest BCUT2D eigenvalue weighted by molar-refractivity contribution is 5.45. The molecule has 98 valence electrons. The van der Waals surface area contributed by atoms with Crippen LogP contribution in [-0.4, -0.2) is 15.9 Å². The van der Waals surface area contributed by atoms with E-state index in [4.69, 9.17) is 0 Å². The van der Waals surface area contributed by atoms with E-state index in [-0.39, 0.29) is 5.69 Å². The van der Waals surface area contributed by atoms with Gasteiger partial charge in [0, 0.05) is 12.1 Å². The van der Waals surface area contributed by atoms with Crippen LogP contribution in [-0.2, 0) is 0 Å². The zero-order chi connectivity index (χ0) is 13.1. The Morgan fingerprint density at radius 2 is 2.11 bits per heavy atom. The van der Waals surface area contributed by atoms with Gasteiger partial charge < -0.3 is 5.32 Å². The van der Waals surface area contributed by atoms with Crippen LogP contribution in [0.4, 0.5) is 11.5 Å². The van der Waals surface area contributed by atoms with Crippen molar-refractivity contribution in [1.29, 1.82) is 0 Å². The molecule has 0 aromatic carbocycles. The fourth-order valence-corrected chi connectivity index (χ4v) is 2.55. The van der Waals surface area contributed by atoms with Crippen LogP contribution in [0.2, 0.25) is 0 Å².